The molecule has 0 atom stereocenters. The van der Waals surface area contributed by atoms with Gasteiger partial charge >= 0.3 is 0 Å². The Kier molecular flexibility index (Phi) is 5.23. The highest BCUT2D eigenvalue weighted by atomic mass is 19.1. The van der Waals surface area contributed by atoms with Gasteiger partial charge in [-0.2, -0.15) is 0 Å². The van der Waals surface area contributed by atoms with Crippen molar-refractivity contribution in [3.63, 3.8) is 0 Å². The Labute approximate surface area is 84.9 Å². The number of hydrogen-bond acceptors (Lipinski definition) is 1. The molecule has 0 heterocycles. The summed E-state index contributed by atoms with van der Waals surface area (Å²) in [5.41, 5.74) is 1.13. The second kappa shape index (κ2) is 6.55. The number of hydrogen-bond donors (Lipinski definition) is 0. The maximum absolute atomic E-state index is 12.5. The molecule has 0 N–H and O–H groups in total. The molecule has 0 amide bonds. The fourth-order valence-electron chi connectivity index (χ4n) is 1.19. The van der Waals surface area contributed by atoms with Crippen LogP contribution in [0, 0.1) is 5.82 Å². The summed E-state index contributed by atoms with van der Waals surface area (Å²) < 4.78 is 18.0. The van der Waals surface area contributed by atoms with E-state index >= 15 is 0 Å². The predicted molar refractivity (Wildman–Crippen MR) is 55.8 cm³/mol. The van der Waals surface area contributed by atoms with Crippen molar-refractivity contribution in [2.24, 2.45) is 0 Å². The molecule has 1 rings (SSSR count). The molecule has 1 aromatic carbocycles. The first-order chi connectivity index (χ1) is 6.83. The summed E-state index contributed by atoms with van der Waals surface area (Å²) in [7, 11) is 0. The Hall–Kier alpha value is -0.890. The van der Waals surface area contributed by atoms with Gasteiger partial charge in [-0.15, -0.1) is 0 Å². The average molecular weight is 196 g/mol. The molecule has 0 saturated heterocycles. The number of halogens is 1. The molecule has 0 saturated carbocycles. The first-order valence-electron chi connectivity index (χ1n) is 5.15. The molecule has 0 spiro atoms. The van der Waals surface area contributed by atoms with Gasteiger partial charge < -0.3 is 4.74 Å². The Morgan fingerprint density at radius 1 is 1.14 bits per heavy atom. The summed E-state index contributed by atoms with van der Waals surface area (Å²) in [6.07, 6.45) is 3.14. The fraction of sp³-hybridized carbons (Fsp3) is 0.500. The minimum Gasteiger partial charge on any atom is -0.381 e. The number of ether oxygens (including phenoxy) is 1. The Balaban J connectivity index is 2.15. The summed E-state index contributed by atoms with van der Waals surface area (Å²) in [6.45, 7) is 3.70. The molecule has 0 aliphatic carbocycles. The Morgan fingerprint density at radius 2 is 1.86 bits per heavy atom. The number of unbranched alkanes of at least 4 members (excludes halogenated alkanes) is 1. The van der Waals surface area contributed by atoms with Crippen LogP contribution in [0.5, 0.6) is 0 Å². The minimum atomic E-state index is -0.180. The minimum absolute atomic E-state index is 0.180. The van der Waals surface area contributed by atoms with Crippen LogP contribution in [-0.2, 0) is 11.2 Å². The smallest absolute Gasteiger partial charge is 0.123 e. The maximum atomic E-state index is 12.5. The van der Waals surface area contributed by atoms with E-state index in [0.29, 0.717) is 0 Å². The second-order valence-electron chi connectivity index (χ2n) is 3.34. The standard InChI is InChI=1S/C12H17FO/c1-2-3-9-14-10-8-11-4-6-12(13)7-5-11/h4-7H,2-3,8-10H2,1H3. The molecular weight excluding hydrogens is 179 g/mol. The highest BCUT2D eigenvalue weighted by Gasteiger charge is 1.94. The SMILES string of the molecule is CCCCOCCc1ccc(F)cc1. The van der Waals surface area contributed by atoms with E-state index in [1.54, 1.807) is 12.1 Å². The molecule has 0 aliphatic heterocycles. The molecule has 0 aliphatic rings. The van der Waals surface area contributed by atoms with Crippen molar-refractivity contribution in [1.29, 1.82) is 0 Å². The van der Waals surface area contributed by atoms with E-state index in [-0.39, 0.29) is 5.82 Å². The first kappa shape index (κ1) is 11.2. The highest BCUT2D eigenvalue weighted by Crippen LogP contribution is 2.03. The molecule has 0 aromatic heterocycles. The topological polar surface area (TPSA) is 9.23 Å². The van der Waals surface area contributed by atoms with Gasteiger partial charge in [0.25, 0.3) is 0 Å². The van der Waals surface area contributed by atoms with Gasteiger partial charge in [-0.25, -0.2) is 4.39 Å². The molecule has 2 heteroatoms. The molecule has 0 radical (unpaired) electrons. The Morgan fingerprint density at radius 3 is 2.50 bits per heavy atom. The molecule has 0 unspecified atom stereocenters. The second-order valence-corrected chi connectivity index (χ2v) is 3.34. The summed E-state index contributed by atoms with van der Waals surface area (Å²) in [6, 6.07) is 6.58. The van der Waals surface area contributed by atoms with E-state index in [1.807, 2.05) is 0 Å². The Bertz CT molecular complexity index is 243. The van der Waals surface area contributed by atoms with Crippen LogP contribution in [-0.4, -0.2) is 13.2 Å². The molecule has 1 nitrogen and oxygen atoms in total. The van der Waals surface area contributed by atoms with Crippen molar-refractivity contribution >= 4 is 0 Å². The van der Waals surface area contributed by atoms with Crippen LogP contribution in [0.1, 0.15) is 25.3 Å². The van der Waals surface area contributed by atoms with Crippen molar-refractivity contribution in [2.75, 3.05) is 13.2 Å². The third kappa shape index (κ3) is 4.38. The lowest BCUT2D eigenvalue weighted by atomic mass is 10.2. The van der Waals surface area contributed by atoms with Crippen LogP contribution in [0.2, 0.25) is 0 Å². The van der Waals surface area contributed by atoms with Crippen LogP contribution >= 0.6 is 0 Å². The van der Waals surface area contributed by atoms with E-state index < -0.39 is 0 Å². The van der Waals surface area contributed by atoms with E-state index in [2.05, 4.69) is 6.92 Å². The van der Waals surface area contributed by atoms with Crippen molar-refractivity contribution in [3.8, 4) is 0 Å². The van der Waals surface area contributed by atoms with Crippen molar-refractivity contribution < 1.29 is 9.13 Å². The highest BCUT2D eigenvalue weighted by molar-refractivity contribution is 5.15. The number of rotatable bonds is 6. The van der Waals surface area contributed by atoms with Crippen molar-refractivity contribution in [3.05, 3.63) is 35.6 Å². The monoisotopic (exact) mass is 196 g/mol. The normalized spacial score (nSPS) is 10.4. The summed E-state index contributed by atoms with van der Waals surface area (Å²) in [5.74, 6) is -0.180. The molecule has 0 bridgehead atoms. The van der Waals surface area contributed by atoms with Crippen LogP contribution in [0.4, 0.5) is 4.39 Å². The van der Waals surface area contributed by atoms with E-state index in [9.17, 15) is 4.39 Å². The lowest BCUT2D eigenvalue weighted by Crippen LogP contribution is -1.99. The van der Waals surface area contributed by atoms with E-state index in [4.69, 9.17) is 4.74 Å². The molecule has 0 fully saturated rings. The lowest BCUT2D eigenvalue weighted by molar-refractivity contribution is 0.134. The number of benzene rings is 1. The molecular formula is C12H17FO. The zero-order chi connectivity index (χ0) is 10.2. The van der Waals surface area contributed by atoms with Crippen molar-refractivity contribution in [2.45, 2.75) is 26.2 Å². The van der Waals surface area contributed by atoms with Gasteiger partial charge in [0.15, 0.2) is 0 Å². The lowest BCUT2D eigenvalue weighted by Gasteiger charge is -2.03. The summed E-state index contributed by atoms with van der Waals surface area (Å²) in [5, 5.41) is 0. The molecule has 78 valence electrons. The van der Waals surface area contributed by atoms with Crippen molar-refractivity contribution in [1.82, 2.24) is 0 Å². The predicted octanol–water partition coefficient (Wildman–Crippen LogP) is 3.18. The fourth-order valence-corrected chi connectivity index (χ4v) is 1.19. The van der Waals surface area contributed by atoms with Gasteiger partial charge in [-0.05, 0) is 30.5 Å². The molecule has 14 heavy (non-hydrogen) atoms. The third-order valence-corrected chi connectivity index (χ3v) is 2.09. The van der Waals surface area contributed by atoms with E-state index in [1.165, 1.54) is 12.1 Å². The largest absolute Gasteiger partial charge is 0.381 e. The van der Waals surface area contributed by atoms with Gasteiger partial charge in [0.2, 0.25) is 0 Å². The van der Waals surface area contributed by atoms with Gasteiger partial charge in [0, 0.05) is 6.61 Å². The van der Waals surface area contributed by atoms with Crippen LogP contribution in [0.25, 0.3) is 0 Å². The van der Waals surface area contributed by atoms with Gasteiger partial charge in [0.05, 0.1) is 6.61 Å². The zero-order valence-electron chi connectivity index (χ0n) is 8.63. The average Bonchev–Trinajstić information content (AvgIpc) is 2.21. The quantitative estimate of drug-likeness (QED) is 0.635. The first-order valence-corrected chi connectivity index (χ1v) is 5.15. The van der Waals surface area contributed by atoms with Crippen LogP contribution in [0.15, 0.2) is 24.3 Å². The summed E-state index contributed by atoms with van der Waals surface area (Å²) >= 11 is 0. The van der Waals surface area contributed by atoms with Gasteiger partial charge in [-0.1, -0.05) is 25.5 Å². The zero-order valence-corrected chi connectivity index (χ0v) is 8.63. The van der Waals surface area contributed by atoms with Crippen LogP contribution < -0.4 is 0 Å². The van der Waals surface area contributed by atoms with Crippen LogP contribution in [0.3, 0.4) is 0 Å². The maximum Gasteiger partial charge on any atom is 0.123 e. The molecule has 1 aromatic rings. The van der Waals surface area contributed by atoms with Gasteiger partial charge in [-0.3, -0.25) is 0 Å². The van der Waals surface area contributed by atoms with E-state index in [0.717, 1.165) is 38.0 Å². The summed E-state index contributed by atoms with van der Waals surface area (Å²) in [4.78, 5) is 0. The van der Waals surface area contributed by atoms with Gasteiger partial charge in [0.1, 0.15) is 5.82 Å². The third-order valence-electron chi connectivity index (χ3n) is 2.09.